The lowest BCUT2D eigenvalue weighted by Crippen LogP contribution is -2.19. The van der Waals surface area contributed by atoms with Gasteiger partial charge in [0.1, 0.15) is 0 Å². The molecule has 0 saturated heterocycles. The summed E-state index contributed by atoms with van der Waals surface area (Å²) in [4.78, 5) is 9.77. The number of rotatable bonds is 11. The molecule has 0 aliphatic carbocycles. The molecule has 3 N–H and O–H groups in total. The van der Waals surface area contributed by atoms with Gasteiger partial charge in [0.2, 0.25) is 0 Å². The van der Waals surface area contributed by atoms with Crippen molar-refractivity contribution in [1.29, 1.82) is 0 Å². The molecular formula is C18H22N2O10S3. The summed E-state index contributed by atoms with van der Waals surface area (Å²) < 4.78 is 80.2. The topological polar surface area (TPSA) is 198 Å². The smallest absolute Gasteiger partial charge is 0.270 e. The van der Waals surface area contributed by atoms with Crippen LogP contribution in [0.5, 0.6) is 0 Å². The zero-order chi connectivity index (χ0) is 25.0. The Bertz CT molecular complexity index is 1340. The molecule has 0 bridgehead atoms. The number of nitrogens with one attached hydrogen (secondary N) is 1. The lowest BCUT2D eigenvalue weighted by molar-refractivity contribution is -0.385. The molecule has 182 valence electrons. The van der Waals surface area contributed by atoms with Crippen LogP contribution < -0.4 is 5.32 Å². The van der Waals surface area contributed by atoms with Crippen LogP contribution in [-0.4, -0.2) is 63.7 Å². The van der Waals surface area contributed by atoms with Gasteiger partial charge in [-0.3, -0.25) is 14.7 Å². The molecule has 0 radical (unpaired) electrons. The van der Waals surface area contributed by atoms with Crippen LogP contribution in [0.1, 0.15) is 18.5 Å². The largest absolute Gasteiger partial charge is 0.395 e. The Kier molecular flexibility index (Phi) is 8.18. The molecule has 0 aliphatic heterocycles. The number of nitro benzene ring substituents is 1. The van der Waals surface area contributed by atoms with E-state index < -0.39 is 75.2 Å². The summed E-state index contributed by atoms with van der Waals surface area (Å²) in [6.45, 7) is 1.10. The molecule has 0 heterocycles. The number of non-ortho nitro benzene ring substituents is 1. The highest BCUT2D eigenvalue weighted by Crippen LogP contribution is 2.30. The van der Waals surface area contributed by atoms with Gasteiger partial charge in [0.15, 0.2) is 19.7 Å². The van der Waals surface area contributed by atoms with Gasteiger partial charge in [0.25, 0.3) is 15.8 Å². The van der Waals surface area contributed by atoms with Crippen molar-refractivity contribution >= 4 is 41.2 Å². The maximum atomic E-state index is 12.7. The predicted octanol–water partition coefficient (Wildman–Crippen LogP) is 1.20. The minimum atomic E-state index is -4.59. The van der Waals surface area contributed by atoms with E-state index in [9.17, 15) is 35.4 Å². The first-order valence-electron chi connectivity index (χ1n) is 9.33. The van der Waals surface area contributed by atoms with Crippen molar-refractivity contribution in [2.24, 2.45) is 0 Å². The Balaban J connectivity index is 2.39. The molecule has 0 saturated carbocycles. The van der Waals surface area contributed by atoms with Crippen LogP contribution in [0.4, 0.5) is 11.4 Å². The van der Waals surface area contributed by atoms with E-state index in [1.54, 1.807) is 6.92 Å². The number of benzene rings is 2. The Hall–Kier alpha value is -2.59. The average molecular weight is 523 g/mol. The fraction of sp³-hybridized carbons (Fsp3) is 0.333. The Morgan fingerprint density at radius 3 is 2.06 bits per heavy atom. The van der Waals surface area contributed by atoms with Crippen molar-refractivity contribution < 1.29 is 39.8 Å². The maximum absolute atomic E-state index is 12.7. The monoisotopic (exact) mass is 522 g/mol. The third-order valence-corrected chi connectivity index (χ3v) is 9.03. The van der Waals surface area contributed by atoms with Gasteiger partial charge in [-0.05, 0) is 30.7 Å². The van der Waals surface area contributed by atoms with E-state index in [0.29, 0.717) is 5.56 Å². The molecule has 0 fully saturated rings. The number of hydrogen-bond donors (Lipinski definition) is 3. The van der Waals surface area contributed by atoms with Crippen molar-refractivity contribution in [1.82, 2.24) is 0 Å². The fourth-order valence-electron chi connectivity index (χ4n) is 2.84. The number of anilines is 1. The summed E-state index contributed by atoms with van der Waals surface area (Å²) in [7, 11) is -12.6. The first kappa shape index (κ1) is 26.7. The molecule has 0 aromatic heterocycles. The van der Waals surface area contributed by atoms with Gasteiger partial charge in [0, 0.05) is 18.2 Å². The normalized spacial score (nSPS) is 13.4. The summed E-state index contributed by atoms with van der Waals surface area (Å²) in [5, 5.41) is 22.8. The quantitative estimate of drug-likeness (QED) is 0.218. The highest BCUT2D eigenvalue weighted by Gasteiger charge is 2.25. The molecule has 2 aromatic carbocycles. The van der Waals surface area contributed by atoms with E-state index in [1.165, 1.54) is 24.3 Å². The second-order valence-electron chi connectivity index (χ2n) is 7.02. The molecule has 1 unspecified atom stereocenters. The van der Waals surface area contributed by atoms with E-state index >= 15 is 0 Å². The van der Waals surface area contributed by atoms with Crippen molar-refractivity contribution in [3.05, 3.63) is 58.1 Å². The lowest BCUT2D eigenvalue weighted by Gasteiger charge is -2.19. The van der Waals surface area contributed by atoms with E-state index in [-0.39, 0.29) is 10.6 Å². The van der Waals surface area contributed by atoms with Crippen molar-refractivity contribution in [3.63, 3.8) is 0 Å². The minimum absolute atomic E-state index is 0.00341. The Morgan fingerprint density at radius 1 is 0.939 bits per heavy atom. The van der Waals surface area contributed by atoms with Gasteiger partial charge >= 0.3 is 0 Å². The van der Waals surface area contributed by atoms with E-state index in [4.69, 9.17) is 9.66 Å². The van der Waals surface area contributed by atoms with Crippen LogP contribution in [0.25, 0.3) is 0 Å². The highest BCUT2D eigenvalue weighted by molar-refractivity contribution is 7.93. The molecule has 2 aromatic rings. The number of aliphatic hydroxyl groups excluding tert-OH is 1. The van der Waals surface area contributed by atoms with Gasteiger partial charge < -0.3 is 10.4 Å². The molecule has 2 rings (SSSR count). The van der Waals surface area contributed by atoms with Crippen LogP contribution in [0.2, 0.25) is 0 Å². The molecule has 0 amide bonds. The zero-order valence-electron chi connectivity index (χ0n) is 17.3. The molecular weight excluding hydrogens is 500 g/mol. The van der Waals surface area contributed by atoms with Crippen LogP contribution in [0, 0.1) is 10.1 Å². The average Bonchev–Trinajstić information content (AvgIpc) is 2.72. The zero-order valence-corrected chi connectivity index (χ0v) is 19.7. The van der Waals surface area contributed by atoms with Crippen LogP contribution in [-0.2, 0) is 29.8 Å². The lowest BCUT2D eigenvalue weighted by atomic mass is 10.1. The third-order valence-electron chi connectivity index (χ3n) is 4.59. The van der Waals surface area contributed by atoms with Crippen LogP contribution in [0.3, 0.4) is 0 Å². The van der Waals surface area contributed by atoms with Gasteiger partial charge in [-0.1, -0.05) is 12.1 Å². The van der Waals surface area contributed by atoms with Crippen LogP contribution >= 0.6 is 0 Å². The summed E-state index contributed by atoms with van der Waals surface area (Å²) in [5.74, 6) is -2.52. The van der Waals surface area contributed by atoms with E-state index in [2.05, 4.69) is 5.32 Å². The molecule has 15 heteroatoms. The van der Waals surface area contributed by atoms with E-state index in [1.807, 2.05) is 0 Å². The molecule has 1 atom stereocenters. The summed E-state index contributed by atoms with van der Waals surface area (Å²) >= 11 is 0. The van der Waals surface area contributed by atoms with Crippen LogP contribution in [0.15, 0.2) is 52.3 Å². The number of nitro groups is 1. The third kappa shape index (κ3) is 7.20. The number of nitrogens with zero attached hydrogens (tertiary/aromatic N) is 1. The molecule has 0 aliphatic rings. The SMILES string of the molecule is CC(Nc1ccc([N+](=O)[O-])cc1S(=O)(=O)CCS(=O)(=O)O)c1ccc(S(=O)(=O)CCO)cc1. The van der Waals surface area contributed by atoms with Gasteiger partial charge in [-0.15, -0.1) is 0 Å². The second kappa shape index (κ2) is 10.1. The van der Waals surface area contributed by atoms with Crippen molar-refractivity contribution in [2.45, 2.75) is 22.8 Å². The Labute approximate surface area is 191 Å². The Morgan fingerprint density at radius 2 is 1.55 bits per heavy atom. The summed E-state index contributed by atoms with van der Waals surface area (Å²) in [6, 6.07) is 8.07. The predicted molar refractivity (Wildman–Crippen MR) is 119 cm³/mol. The van der Waals surface area contributed by atoms with Gasteiger partial charge in [0.05, 0.1) is 44.3 Å². The first-order chi connectivity index (χ1) is 15.2. The molecule has 33 heavy (non-hydrogen) atoms. The van der Waals surface area contributed by atoms with Gasteiger partial charge in [-0.2, -0.15) is 8.42 Å². The number of sulfone groups is 2. The van der Waals surface area contributed by atoms with Crippen molar-refractivity contribution in [2.75, 3.05) is 29.2 Å². The first-order valence-corrected chi connectivity index (χ1v) is 14.2. The number of aliphatic hydroxyl groups is 1. The summed E-state index contributed by atoms with van der Waals surface area (Å²) in [5.41, 5.74) is -0.0184. The molecule has 0 spiro atoms. The van der Waals surface area contributed by atoms with E-state index in [0.717, 1.165) is 18.2 Å². The number of hydrogen-bond acceptors (Lipinski definition) is 10. The maximum Gasteiger partial charge on any atom is 0.270 e. The second-order valence-corrected chi connectivity index (χ2v) is 12.8. The molecule has 12 nitrogen and oxygen atoms in total. The fourth-order valence-corrected chi connectivity index (χ4v) is 6.57. The highest BCUT2D eigenvalue weighted by atomic mass is 32.2. The summed E-state index contributed by atoms with van der Waals surface area (Å²) in [6.07, 6.45) is 0. The minimum Gasteiger partial charge on any atom is -0.395 e. The van der Waals surface area contributed by atoms with Gasteiger partial charge in [-0.25, -0.2) is 16.8 Å². The van der Waals surface area contributed by atoms with Crippen molar-refractivity contribution in [3.8, 4) is 0 Å². The standard InChI is InChI=1S/C18H22N2O10S3/c1-13(14-2-5-16(6-3-14)31(24,25)9-8-21)19-17-7-4-15(20(22)23)12-18(17)32(26,27)10-11-33(28,29)30/h2-7,12-13,19,21H,8-11H2,1H3,(H,28,29,30).